The molecule has 0 radical (unpaired) electrons. The summed E-state index contributed by atoms with van der Waals surface area (Å²) in [5.41, 5.74) is 0.912. The van der Waals surface area contributed by atoms with Crippen LogP contribution in [0.5, 0.6) is 0 Å². The van der Waals surface area contributed by atoms with Crippen LogP contribution >= 0.6 is 0 Å². The molecule has 0 aromatic heterocycles. The first-order valence-electron chi connectivity index (χ1n) is 7.43. The second-order valence-corrected chi connectivity index (χ2v) is 6.01. The van der Waals surface area contributed by atoms with E-state index >= 15 is 0 Å². The Hall–Kier alpha value is -1.42. The molecule has 20 heavy (non-hydrogen) atoms. The van der Waals surface area contributed by atoms with E-state index < -0.39 is 0 Å². The van der Waals surface area contributed by atoms with Crippen molar-refractivity contribution >= 4 is 5.91 Å². The number of rotatable bonds is 4. The largest absolute Gasteiger partial charge is 0.334 e. The Balaban J connectivity index is 1.73. The van der Waals surface area contributed by atoms with Crippen LogP contribution in [0.25, 0.3) is 0 Å². The van der Waals surface area contributed by atoms with Gasteiger partial charge in [-0.05, 0) is 42.9 Å². The molecule has 2 aliphatic rings. The van der Waals surface area contributed by atoms with Crippen molar-refractivity contribution in [3.05, 3.63) is 35.6 Å². The van der Waals surface area contributed by atoms with Gasteiger partial charge in [0.05, 0.1) is 12.6 Å². The molecule has 0 spiro atoms. The molecule has 108 valence electrons. The molecule has 1 aromatic rings. The van der Waals surface area contributed by atoms with Gasteiger partial charge in [-0.15, -0.1) is 0 Å². The second-order valence-electron chi connectivity index (χ2n) is 6.01. The van der Waals surface area contributed by atoms with Crippen LogP contribution in [0.15, 0.2) is 24.3 Å². The average Bonchev–Trinajstić information content (AvgIpc) is 3.17. The van der Waals surface area contributed by atoms with Crippen LogP contribution in [0.1, 0.15) is 37.8 Å². The van der Waals surface area contributed by atoms with Gasteiger partial charge < -0.3 is 10.2 Å². The minimum atomic E-state index is -0.231. The van der Waals surface area contributed by atoms with Gasteiger partial charge in [0.25, 0.3) is 0 Å². The number of nitrogens with one attached hydrogen (secondary N) is 1. The predicted octanol–water partition coefficient (Wildman–Crippen LogP) is 2.49. The summed E-state index contributed by atoms with van der Waals surface area (Å²) in [6.07, 6.45) is 3.34. The Kier molecular flexibility index (Phi) is 3.74. The first-order chi connectivity index (χ1) is 9.65. The van der Waals surface area contributed by atoms with Crippen molar-refractivity contribution in [2.24, 2.45) is 5.92 Å². The van der Waals surface area contributed by atoms with Gasteiger partial charge >= 0.3 is 0 Å². The van der Waals surface area contributed by atoms with Crippen LogP contribution in [-0.4, -0.2) is 29.9 Å². The Labute approximate surface area is 119 Å². The van der Waals surface area contributed by atoms with Gasteiger partial charge in [-0.1, -0.05) is 19.1 Å². The number of halogens is 1. The molecule has 1 aromatic carbocycles. The monoisotopic (exact) mass is 276 g/mol. The maximum atomic E-state index is 13.4. The van der Waals surface area contributed by atoms with Gasteiger partial charge in [-0.25, -0.2) is 4.39 Å². The highest BCUT2D eigenvalue weighted by Crippen LogP contribution is 2.37. The number of hydrogen-bond donors (Lipinski definition) is 1. The first kappa shape index (κ1) is 13.6. The maximum Gasteiger partial charge on any atom is 0.237 e. The van der Waals surface area contributed by atoms with Crippen LogP contribution in [-0.2, 0) is 4.79 Å². The molecule has 1 N–H and O–H groups in total. The molecule has 2 fully saturated rings. The maximum absolute atomic E-state index is 13.4. The van der Waals surface area contributed by atoms with Crippen LogP contribution in [0.2, 0.25) is 0 Å². The van der Waals surface area contributed by atoms with E-state index in [2.05, 4.69) is 12.2 Å². The summed E-state index contributed by atoms with van der Waals surface area (Å²) >= 11 is 0. The van der Waals surface area contributed by atoms with E-state index in [1.807, 2.05) is 11.0 Å². The van der Waals surface area contributed by atoms with Crippen molar-refractivity contribution in [2.75, 3.05) is 13.1 Å². The summed E-state index contributed by atoms with van der Waals surface area (Å²) < 4.78 is 13.4. The zero-order valence-corrected chi connectivity index (χ0v) is 11.8. The number of hydrogen-bond acceptors (Lipinski definition) is 2. The standard InChI is InChI=1S/C16H21FN2O/c1-11-7-8-19(15(20)10-18-14-5-6-14)16(11)12-3-2-4-13(17)9-12/h2-4,9,11,14,16,18H,5-8,10H2,1H3/t11-,16-/m1/s1. The summed E-state index contributed by atoms with van der Waals surface area (Å²) in [5.74, 6) is 0.280. The summed E-state index contributed by atoms with van der Waals surface area (Å²) in [4.78, 5) is 14.3. The van der Waals surface area contributed by atoms with Gasteiger partial charge in [-0.2, -0.15) is 0 Å². The van der Waals surface area contributed by atoms with E-state index in [9.17, 15) is 9.18 Å². The van der Waals surface area contributed by atoms with Gasteiger partial charge in [0.1, 0.15) is 5.82 Å². The van der Waals surface area contributed by atoms with E-state index in [4.69, 9.17) is 0 Å². The highest BCUT2D eigenvalue weighted by Gasteiger charge is 2.35. The lowest BCUT2D eigenvalue weighted by molar-refractivity contribution is -0.131. The molecule has 3 rings (SSSR count). The third kappa shape index (κ3) is 2.85. The molecular formula is C16H21FN2O. The van der Waals surface area contributed by atoms with E-state index in [1.165, 1.54) is 18.9 Å². The lowest BCUT2D eigenvalue weighted by atomic mass is 9.95. The zero-order valence-electron chi connectivity index (χ0n) is 11.8. The Morgan fingerprint density at radius 2 is 2.20 bits per heavy atom. The summed E-state index contributed by atoms with van der Waals surface area (Å²) in [7, 11) is 0. The molecular weight excluding hydrogens is 255 g/mol. The molecule has 1 aliphatic carbocycles. The Bertz CT molecular complexity index is 501. The number of amides is 1. The van der Waals surface area contributed by atoms with E-state index in [-0.39, 0.29) is 17.8 Å². The van der Waals surface area contributed by atoms with Crippen LogP contribution in [0.3, 0.4) is 0 Å². The van der Waals surface area contributed by atoms with Crippen molar-refractivity contribution in [2.45, 2.75) is 38.3 Å². The van der Waals surface area contributed by atoms with E-state index in [0.29, 0.717) is 18.5 Å². The van der Waals surface area contributed by atoms with Crippen LogP contribution in [0, 0.1) is 11.7 Å². The van der Waals surface area contributed by atoms with Crippen molar-refractivity contribution in [1.29, 1.82) is 0 Å². The molecule has 1 saturated heterocycles. The number of carbonyl (C=O) groups is 1. The zero-order chi connectivity index (χ0) is 14.1. The minimum absolute atomic E-state index is 0.0132. The van der Waals surface area contributed by atoms with Crippen LogP contribution < -0.4 is 5.32 Å². The quantitative estimate of drug-likeness (QED) is 0.916. The van der Waals surface area contributed by atoms with Crippen molar-refractivity contribution < 1.29 is 9.18 Å². The second kappa shape index (κ2) is 5.52. The third-order valence-electron chi connectivity index (χ3n) is 4.33. The van der Waals surface area contributed by atoms with Crippen molar-refractivity contribution in [3.63, 3.8) is 0 Å². The number of benzene rings is 1. The van der Waals surface area contributed by atoms with Gasteiger partial charge in [-0.3, -0.25) is 4.79 Å². The number of likely N-dealkylation sites (tertiary alicyclic amines) is 1. The first-order valence-corrected chi connectivity index (χ1v) is 7.43. The Morgan fingerprint density at radius 1 is 1.40 bits per heavy atom. The molecule has 3 nitrogen and oxygen atoms in total. The topological polar surface area (TPSA) is 32.3 Å². The van der Waals surface area contributed by atoms with Gasteiger partial charge in [0.15, 0.2) is 0 Å². The highest BCUT2D eigenvalue weighted by molar-refractivity contribution is 5.79. The molecule has 1 saturated carbocycles. The predicted molar refractivity (Wildman–Crippen MR) is 75.7 cm³/mol. The average molecular weight is 276 g/mol. The fourth-order valence-corrected chi connectivity index (χ4v) is 3.05. The number of carbonyl (C=O) groups excluding carboxylic acids is 1. The molecule has 1 amide bonds. The molecule has 0 unspecified atom stereocenters. The van der Waals surface area contributed by atoms with Gasteiger partial charge in [0.2, 0.25) is 5.91 Å². The fraction of sp³-hybridized carbons (Fsp3) is 0.562. The molecule has 4 heteroatoms. The summed E-state index contributed by atoms with van der Waals surface area (Å²) in [5, 5.41) is 3.27. The lowest BCUT2D eigenvalue weighted by Crippen LogP contribution is -2.39. The van der Waals surface area contributed by atoms with Crippen molar-refractivity contribution in [3.8, 4) is 0 Å². The van der Waals surface area contributed by atoms with E-state index in [1.54, 1.807) is 12.1 Å². The lowest BCUT2D eigenvalue weighted by Gasteiger charge is -2.27. The molecule has 2 atom stereocenters. The minimum Gasteiger partial charge on any atom is -0.334 e. The highest BCUT2D eigenvalue weighted by atomic mass is 19.1. The van der Waals surface area contributed by atoms with E-state index in [0.717, 1.165) is 18.5 Å². The van der Waals surface area contributed by atoms with Crippen LogP contribution in [0.4, 0.5) is 4.39 Å². The van der Waals surface area contributed by atoms with Crippen molar-refractivity contribution in [1.82, 2.24) is 10.2 Å². The SMILES string of the molecule is C[C@@H]1CCN(C(=O)CNC2CC2)[C@H]1c1cccc(F)c1. The number of nitrogens with zero attached hydrogens (tertiary/aromatic N) is 1. The Morgan fingerprint density at radius 3 is 2.90 bits per heavy atom. The molecule has 0 bridgehead atoms. The molecule has 1 heterocycles. The normalized spacial score (nSPS) is 26.0. The smallest absolute Gasteiger partial charge is 0.237 e. The van der Waals surface area contributed by atoms with Gasteiger partial charge in [0, 0.05) is 12.6 Å². The summed E-state index contributed by atoms with van der Waals surface area (Å²) in [6, 6.07) is 7.20. The third-order valence-corrected chi connectivity index (χ3v) is 4.33. The molecule has 1 aliphatic heterocycles. The summed E-state index contributed by atoms with van der Waals surface area (Å²) in [6.45, 7) is 3.31. The fourth-order valence-electron chi connectivity index (χ4n) is 3.05.